The van der Waals surface area contributed by atoms with Gasteiger partial charge in [-0.15, -0.1) is 0 Å². The van der Waals surface area contributed by atoms with Gasteiger partial charge in [0.2, 0.25) is 0 Å². The molecule has 0 amide bonds. The van der Waals surface area contributed by atoms with Gasteiger partial charge in [-0.05, 0) is 47.9 Å². The van der Waals surface area contributed by atoms with Gasteiger partial charge in [-0.2, -0.15) is 0 Å². The molecule has 1 fully saturated rings. The summed E-state index contributed by atoms with van der Waals surface area (Å²) in [5, 5.41) is 10.1. The summed E-state index contributed by atoms with van der Waals surface area (Å²) in [6.07, 6.45) is 5.05. The fourth-order valence-corrected chi connectivity index (χ4v) is 3.72. The zero-order valence-corrected chi connectivity index (χ0v) is 13.9. The average Bonchev–Trinajstić information content (AvgIpc) is 2.64. The second kappa shape index (κ2) is 6.96. The summed E-state index contributed by atoms with van der Waals surface area (Å²) >= 11 is 0. The van der Waals surface area contributed by atoms with Crippen molar-refractivity contribution in [1.29, 1.82) is 0 Å². The molecule has 2 N–H and O–H groups in total. The molecule has 0 saturated heterocycles. The van der Waals surface area contributed by atoms with Crippen molar-refractivity contribution in [2.24, 2.45) is 0 Å². The molecule has 0 bridgehead atoms. The molecule has 0 aromatic heterocycles. The predicted molar refractivity (Wildman–Crippen MR) is 104 cm³/mol. The van der Waals surface area contributed by atoms with Crippen molar-refractivity contribution in [1.82, 2.24) is 0 Å². The Morgan fingerprint density at radius 3 is 1.96 bits per heavy atom. The van der Waals surface area contributed by atoms with Crippen LogP contribution in [0.2, 0.25) is 0 Å². The molecule has 0 radical (unpaired) electrons. The first-order valence-corrected chi connectivity index (χ1v) is 8.95. The number of hydrogen-bond donors (Lipinski definition) is 2. The summed E-state index contributed by atoms with van der Waals surface area (Å²) in [6, 6.07) is 26.7. The maximum atomic E-state index is 3.78. The summed E-state index contributed by atoms with van der Waals surface area (Å²) in [5.41, 5.74) is 2.44. The summed E-state index contributed by atoms with van der Waals surface area (Å²) in [5.74, 6) is 0. The van der Waals surface area contributed by atoms with Crippen LogP contribution in [0.5, 0.6) is 0 Å². The molecule has 0 spiro atoms. The van der Waals surface area contributed by atoms with Crippen molar-refractivity contribution in [2.45, 2.75) is 37.8 Å². The molecule has 1 aliphatic carbocycles. The molecule has 2 nitrogen and oxygen atoms in total. The van der Waals surface area contributed by atoms with Crippen LogP contribution in [0.3, 0.4) is 0 Å². The van der Waals surface area contributed by atoms with Gasteiger partial charge in [-0.25, -0.2) is 0 Å². The first kappa shape index (κ1) is 15.1. The van der Waals surface area contributed by atoms with Crippen LogP contribution in [0.15, 0.2) is 72.8 Å². The van der Waals surface area contributed by atoms with Crippen molar-refractivity contribution in [2.75, 3.05) is 10.6 Å². The number of nitrogens with one attached hydrogen (secondary N) is 2. The Hall–Kier alpha value is -2.48. The third-order valence-corrected chi connectivity index (χ3v) is 4.99. The Balaban J connectivity index is 1.51. The van der Waals surface area contributed by atoms with Gasteiger partial charge in [0.1, 0.15) is 0 Å². The van der Waals surface area contributed by atoms with Crippen molar-refractivity contribution in [3.63, 3.8) is 0 Å². The standard InChI is InChI=1S/C22H24N2/c1-2-10-19(11-3-1)23-21-12-6-7-13-22(21)24-20-15-14-17-8-4-5-9-18(17)16-20/h1-5,8-11,14-16,21-24H,6-7,12-13H2/t21-,22-/m1/s1. The average molecular weight is 316 g/mol. The van der Waals surface area contributed by atoms with Crippen LogP contribution in [0.4, 0.5) is 11.4 Å². The first-order chi connectivity index (χ1) is 11.9. The van der Waals surface area contributed by atoms with E-state index in [4.69, 9.17) is 0 Å². The van der Waals surface area contributed by atoms with E-state index in [0.29, 0.717) is 12.1 Å². The van der Waals surface area contributed by atoms with Crippen molar-refractivity contribution in [3.05, 3.63) is 72.8 Å². The Bertz CT molecular complexity index is 797. The smallest absolute Gasteiger partial charge is 0.0462 e. The lowest BCUT2D eigenvalue weighted by Gasteiger charge is -2.34. The molecular formula is C22H24N2. The third kappa shape index (κ3) is 3.38. The Morgan fingerprint density at radius 1 is 0.583 bits per heavy atom. The van der Waals surface area contributed by atoms with Gasteiger partial charge >= 0.3 is 0 Å². The molecule has 24 heavy (non-hydrogen) atoms. The largest absolute Gasteiger partial charge is 0.380 e. The number of rotatable bonds is 4. The Kier molecular flexibility index (Phi) is 4.37. The molecule has 2 atom stereocenters. The van der Waals surface area contributed by atoms with Crippen LogP contribution >= 0.6 is 0 Å². The molecule has 122 valence electrons. The predicted octanol–water partition coefficient (Wildman–Crippen LogP) is 5.68. The van der Waals surface area contributed by atoms with Gasteiger partial charge in [0.25, 0.3) is 0 Å². The van der Waals surface area contributed by atoms with Crippen LogP contribution in [0.1, 0.15) is 25.7 Å². The number of benzene rings is 3. The van der Waals surface area contributed by atoms with Crippen LogP contribution < -0.4 is 10.6 Å². The first-order valence-electron chi connectivity index (χ1n) is 8.95. The molecule has 2 heteroatoms. The molecule has 0 aliphatic heterocycles. The van der Waals surface area contributed by atoms with Crippen molar-refractivity contribution < 1.29 is 0 Å². The Labute approximate surface area is 143 Å². The topological polar surface area (TPSA) is 24.1 Å². The lowest BCUT2D eigenvalue weighted by atomic mass is 9.89. The summed E-state index contributed by atoms with van der Waals surface area (Å²) in [4.78, 5) is 0. The summed E-state index contributed by atoms with van der Waals surface area (Å²) in [7, 11) is 0. The monoisotopic (exact) mass is 316 g/mol. The van der Waals surface area contributed by atoms with Gasteiger partial charge in [-0.3, -0.25) is 0 Å². The van der Waals surface area contributed by atoms with Crippen LogP contribution in [-0.4, -0.2) is 12.1 Å². The highest BCUT2D eigenvalue weighted by Crippen LogP contribution is 2.26. The van der Waals surface area contributed by atoms with Gasteiger partial charge in [0.15, 0.2) is 0 Å². The van der Waals surface area contributed by atoms with Crippen molar-refractivity contribution in [3.8, 4) is 0 Å². The summed E-state index contributed by atoms with van der Waals surface area (Å²) in [6.45, 7) is 0. The lowest BCUT2D eigenvalue weighted by molar-refractivity contribution is 0.424. The van der Waals surface area contributed by atoms with E-state index in [0.717, 1.165) is 0 Å². The quantitative estimate of drug-likeness (QED) is 0.647. The van der Waals surface area contributed by atoms with Crippen LogP contribution in [-0.2, 0) is 0 Å². The zero-order chi connectivity index (χ0) is 16.2. The molecule has 0 heterocycles. The lowest BCUT2D eigenvalue weighted by Crippen LogP contribution is -2.41. The second-order valence-electron chi connectivity index (χ2n) is 6.71. The van der Waals surface area contributed by atoms with Crippen LogP contribution in [0.25, 0.3) is 10.8 Å². The van der Waals surface area contributed by atoms with Gasteiger partial charge in [0.05, 0.1) is 0 Å². The molecule has 4 rings (SSSR count). The van der Waals surface area contributed by atoms with Gasteiger partial charge < -0.3 is 10.6 Å². The van der Waals surface area contributed by atoms with E-state index in [9.17, 15) is 0 Å². The van der Waals surface area contributed by atoms with Gasteiger partial charge in [0, 0.05) is 23.5 Å². The van der Waals surface area contributed by atoms with E-state index in [1.165, 1.54) is 47.8 Å². The number of hydrogen-bond acceptors (Lipinski definition) is 2. The highest BCUT2D eigenvalue weighted by Gasteiger charge is 2.24. The maximum absolute atomic E-state index is 3.78. The molecule has 3 aromatic carbocycles. The molecule has 1 aliphatic rings. The third-order valence-electron chi connectivity index (χ3n) is 4.99. The fraction of sp³-hybridized carbons (Fsp3) is 0.273. The highest BCUT2D eigenvalue weighted by molar-refractivity contribution is 5.85. The number of anilines is 2. The summed E-state index contributed by atoms with van der Waals surface area (Å²) < 4.78 is 0. The molecule has 1 saturated carbocycles. The second-order valence-corrected chi connectivity index (χ2v) is 6.71. The van der Waals surface area contributed by atoms with Gasteiger partial charge in [-0.1, -0.05) is 61.4 Å². The fourth-order valence-electron chi connectivity index (χ4n) is 3.72. The molecule has 0 unspecified atom stereocenters. The molecular weight excluding hydrogens is 292 g/mol. The van der Waals surface area contributed by atoms with Crippen molar-refractivity contribution >= 4 is 22.1 Å². The minimum Gasteiger partial charge on any atom is -0.380 e. The Morgan fingerprint density at radius 2 is 1.21 bits per heavy atom. The van der Waals surface area contributed by atoms with E-state index < -0.39 is 0 Å². The normalized spacial score (nSPS) is 20.7. The minimum absolute atomic E-state index is 0.472. The molecule has 3 aromatic rings. The van der Waals surface area contributed by atoms with Crippen LogP contribution in [0, 0.1) is 0 Å². The highest BCUT2D eigenvalue weighted by atomic mass is 15.0. The number of para-hydroxylation sites is 1. The van der Waals surface area contributed by atoms with E-state index in [-0.39, 0.29) is 0 Å². The van der Waals surface area contributed by atoms with E-state index in [1.54, 1.807) is 0 Å². The van der Waals surface area contributed by atoms with E-state index in [1.807, 2.05) is 0 Å². The zero-order valence-electron chi connectivity index (χ0n) is 13.9. The number of fused-ring (bicyclic) bond motifs is 1. The maximum Gasteiger partial charge on any atom is 0.0462 e. The SMILES string of the molecule is c1ccc(N[C@@H]2CCCC[C@H]2Nc2ccc3ccccc3c2)cc1. The van der Waals surface area contributed by atoms with E-state index in [2.05, 4.69) is 83.4 Å². The van der Waals surface area contributed by atoms with E-state index >= 15 is 0 Å². The minimum atomic E-state index is 0.472.